The van der Waals surface area contributed by atoms with Gasteiger partial charge in [-0.05, 0) is 86.2 Å². The topological polar surface area (TPSA) is 106 Å². The number of carbonyl (C=O) groups excluding carboxylic acids is 3. The van der Waals surface area contributed by atoms with Crippen LogP contribution in [0.4, 0.5) is 11.4 Å². The molecule has 0 heterocycles. The van der Waals surface area contributed by atoms with Crippen LogP contribution in [-0.4, -0.2) is 37.2 Å². The zero-order valence-electron chi connectivity index (χ0n) is 24.6. The van der Waals surface area contributed by atoms with Crippen molar-refractivity contribution in [1.29, 1.82) is 0 Å². The second-order valence-corrected chi connectivity index (χ2v) is 11.5. The molecule has 0 spiro atoms. The Hall–Kier alpha value is -4.73. The lowest BCUT2D eigenvalue weighted by Gasteiger charge is -2.15. The summed E-state index contributed by atoms with van der Waals surface area (Å²) >= 11 is 7.53. The molecule has 0 aliphatic rings. The maximum atomic E-state index is 13.6. The summed E-state index contributed by atoms with van der Waals surface area (Å²) in [6.45, 7) is 3.64. The molecule has 1 unspecified atom stereocenters. The van der Waals surface area contributed by atoms with E-state index in [-0.39, 0.29) is 11.6 Å². The first-order valence-corrected chi connectivity index (χ1v) is 14.9. The smallest absolute Gasteiger partial charge is 0.272 e. The summed E-state index contributed by atoms with van der Waals surface area (Å²) < 4.78 is 10.8. The number of halogens is 1. The number of methoxy groups -OCH3 is 2. The van der Waals surface area contributed by atoms with Crippen LogP contribution in [0.3, 0.4) is 0 Å². The van der Waals surface area contributed by atoms with Crippen molar-refractivity contribution in [1.82, 2.24) is 5.32 Å². The van der Waals surface area contributed by atoms with Gasteiger partial charge in [0, 0.05) is 32.4 Å². The number of thioether (sulfide) groups is 1. The summed E-state index contributed by atoms with van der Waals surface area (Å²) in [5.74, 6) is -0.143. The van der Waals surface area contributed by atoms with Crippen LogP contribution < -0.4 is 25.4 Å². The molecule has 0 saturated carbocycles. The van der Waals surface area contributed by atoms with Crippen LogP contribution in [0.2, 0.25) is 5.02 Å². The molecule has 4 aromatic rings. The molecule has 3 amide bonds. The average Bonchev–Trinajstić information content (AvgIpc) is 3.03. The van der Waals surface area contributed by atoms with E-state index in [1.807, 2.05) is 13.0 Å². The fourth-order valence-electron chi connectivity index (χ4n) is 4.13. The van der Waals surface area contributed by atoms with Gasteiger partial charge >= 0.3 is 0 Å². The van der Waals surface area contributed by atoms with Gasteiger partial charge in [0.15, 0.2) is 0 Å². The number of rotatable bonds is 11. The van der Waals surface area contributed by atoms with Crippen molar-refractivity contribution in [3.8, 4) is 11.5 Å². The Morgan fingerprint density at radius 3 is 2.34 bits per heavy atom. The van der Waals surface area contributed by atoms with Crippen molar-refractivity contribution in [2.75, 3.05) is 24.9 Å². The quantitative estimate of drug-likeness (QED) is 0.120. The first kappa shape index (κ1) is 32.2. The number of hydrogen-bond donors (Lipinski definition) is 3. The Balaban J connectivity index is 1.54. The highest BCUT2D eigenvalue weighted by Gasteiger charge is 2.19. The van der Waals surface area contributed by atoms with Crippen LogP contribution >= 0.6 is 23.4 Å². The Morgan fingerprint density at radius 2 is 1.61 bits per heavy atom. The minimum Gasteiger partial charge on any atom is -0.497 e. The van der Waals surface area contributed by atoms with Crippen molar-refractivity contribution < 1.29 is 23.9 Å². The van der Waals surface area contributed by atoms with Crippen LogP contribution in [0, 0.1) is 6.92 Å². The number of ether oxygens (including phenoxy) is 2. The van der Waals surface area contributed by atoms with Gasteiger partial charge in [-0.15, -0.1) is 11.8 Å². The normalized spacial score (nSPS) is 11.7. The van der Waals surface area contributed by atoms with Crippen LogP contribution in [0.1, 0.15) is 28.4 Å². The van der Waals surface area contributed by atoms with E-state index in [4.69, 9.17) is 21.1 Å². The maximum Gasteiger partial charge on any atom is 0.272 e. The zero-order chi connectivity index (χ0) is 31.6. The Kier molecular flexibility index (Phi) is 11.1. The molecule has 0 saturated heterocycles. The summed E-state index contributed by atoms with van der Waals surface area (Å²) in [5, 5.41) is 8.64. The summed E-state index contributed by atoms with van der Waals surface area (Å²) in [6, 6.07) is 26.2. The van der Waals surface area contributed by atoms with E-state index in [9.17, 15) is 14.4 Å². The van der Waals surface area contributed by atoms with Crippen molar-refractivity contribution >= 4 is 58.5 Å². The maximum absolute atomic E-state index is 13.6. The van der Waals surface area contributed by atoms with Crippen LogP contribution in [0.15, 0.2) is 102 Å². The predicted octanol–water partition coefficient (Wildman–Crippen LogP) is 7.19. The van der Waals surface area contributed by atoms with Gasteiger partial charge in [-0.2, -0.15) is 0 Å². The molecule has 0 radical (unpaired) electrons. The van der Waals surface area contributed by atoms with Crippen molar-refractivity contribution in [3.05, 3.63) is 118 Å². The summed E-state index contributed by atoms with van der Waals surface area (Å²) in [7, 11) is 3.05. The molecule has 226 valence electrons. The summed E-state index contributed by atoms with van der Waals surface area (Å²) in [6.07, 6.45) is 1.53. The fraction of sp³-hybridized carbons (Fsp3) is 0.147. The SMILES string of the molecule is COc1ccc(OC)c(/C=C(/NC(=O)c2ccccc2)C(=O)Nc2cccc(SC(C)C(=O)Nc3cccc(Cl)c3C)c2)c1. The van der Waals surface area contributed by atoms with E-state index >= 15 is 0 Å². The largest absolute Gasteiger partial charge is 0.497 e. The van der Waals surface area contributed by atoms with Gasteiger partial charge in [-0.25, -0.2) is 0 Å². The Morgan fingerprint density at radius 1 is 0.864 bits per heavy atom. The summed E-state index contributed by atoms with van der Waals surface area (Å²) in [4.78, 5) is 40.3. The van der Waals surface area contributed by atoms with Gasteiger partial charge in [0.25, 0.3) is 11.8 Å². The molecule has 0 aromatic heterocycles. The Bertz CT molecular complexity index is 1690. The molecule has 0 aliphatic carbocycles. The molecule has 0 bridgehead atoms. The third kappa shape index (κ3) is 8.43. The van der Waals surface area contributed by atoms with Crippen molar-refractivity contribution in [2.24, 2.45) is 0 Å². The molecular weight excluding hydrogens is 598 g/mol. The predicted molar refractivity (Wildman–Crippen MR) is 177 cm³/mol. The molecule has 44 heavy (non-hydrogen) atoms. The first-order chi connectivity index (χ1) is 21.2. The molecule has 3 N–H and O–H groups in total. The van der Waals surface area contributed by atoms with E-state index in [0.29, 0.717) is 39.0 Å². The van der Waals surface area contributed by atoms with E-state index in [0.717, 1.165) is 10.5 Å². The molecule has 0 fully saturated rings. The number of anilines is 2. The second-order valence-electron chi connectivity index (χ2n) is 9.63. The number of hydrogen-bond acceptors (Lipinski definition) is 6. The van der Waals surface area contributed by atoms with Gasteiger partial charge in [-0.3, -0.25) is 14.4 Å². The van der Waals surface area contributed by atoms with E-state index in [1.165, 1.54) is 32.1 Å². The second kappa shape index (κ2) is 15.1. The van der Waals surface area contributed by atoms with Crippen LogP contribution in [0.5, 0.6) is 11.5 Å². The van der Waals surface area contributed by atoms with Crippen LogP contribution in [-0.2, 0) is 9.59 Å². The molecule has 4 aromatic carbocycles. The lowest BCUT2D eigenvalue weighted by atomic mass is 10.1. The van der Waals surface area contributed by atoms with E-state index < -0.39 is 17.1 Å². The minimum atomic E-state index is -0.552. The van der Waals surface area contributed by atoms with E-state index in [1.54, 1.807) is 91.9 Å². The van der Waals surface area contributed by atoms with Gasteiger partial charge in [0.05, 0.1) is 19.5 Å². The third-order valence-corrected chi connectivity index (χ3v) is 8.07. The van der Waals surface area contributed by atoms with Gasteiger partial charge in [-0.1, -0.05) is 41.9 Å². The lowest BCUT2D eigenvalue weighted by Crippen LogP contribution is -2.30. The highest BCUT2D eigenvalue weighted by molar-refractivity contribution is 8.00. The molecule has 1 atom stereocenters. The van der Waals surface area contributed by atoms with Crippen molar-refractivity contribution in [3.63, 3.8) is 0 Å². The van der Waals surface area contributed by atoms with E-state index in [2.05, 4.69) is 16.0 Å². The highest BCUT2D eigenvalue weighted by Crippen LogP contribution is 2.29. The monoisotopic (exact) mass is 629 g/mol. The molecule has 4 rings (SSSR count). The summed E-state index contributed by atoms with van der Waals surface area (Å²) in [5.41, 5.74) is 2.84. The molecule has 10 heteroatoms. The average molecular weight is 630 g/mol. The van der Waals surface area contributed by atoms with Crippen molar-refractivity contribution in [2.45, 2.75) is 24.0 Å². The minimum absolute atomic E-state index is 0.00639. The number of amides is 3. The lowest BCUT2D eigenvalue weighted by molar-refractivity contribution is -0.115. The standard InChI is InChI=1S/C34H32ClN3O5S/c1-21-28(35)14-9-15-29(21)37-32(39)22(2)44-27-13-8-12-25(20-27)36-34(41)30(38-33(40)23-10-6-5-7-11-23)19-24-18-26(42-3)16-17-31(24)43-4/h5-20,22H,1-4H3,(H,36,41)(H,37,39)(H,38,40)/b30-19+. The third-order valence-electron chi connectivity index (χ3n) is 6.57. The fourth-order valence-corrected chi connectivity index (χ4v) is 5.23. The Labute approximate surface area is 265 Å². The molecular formula is C34H32ClN3O5S. The number of benzene rings is 4. The number of carbonyl (C=O) groups is 3. The van der Waals surface area contributed by atoms with Crippen LogP contribution in [0.25, 0.3) is 6.08 Å². The van der Waals surface area contributed by atoms with Gasteiger partial charge in [0.1, 0.15) is 17.2 Å². The number of nitrogens with one attached hydrogen (secondary N) is 3. The molecule has 0 aliphatic heterocycles. The molecule has 8 nitrogen and oxygen atoms in total. The highest BCUT2D eigenvalue weighted by atomic mass is 35.5. The van der Waals surface area contributed by atoms with Gasteiger partial charge in [0.2, 0.25) is 5.91 Å². The van der Waals surface area contributed by atoms with Gasteiger partial charge < -0.3 is 25.4 Å². The first-order valence-electron chi connectivity index (χ1n) is 13.6. The zero-order valence-corrected chi connectivity index (χ0v) is 26.2.